The van der Waals surface area contributed by atoms with Gasteiger partial charge < -0.3 is 10.4 Å². The van der Waals surface area contributed by atoms with Crippen molar-refractivity contribution in [2.75, 3.05) is 6.54 Å². The zero-order chi connectivity index (χ0) is 14.4. The fraction of sp³-hybridized carbons (Fsp3) is 0.235. The molecule has 0 radical (unpaired) electrons. The largest absolute Gasteiger partial charge is 0.387 e. The van der Waals surface area contributed by atoms with E-state index in [4.69, 9.17) is 5.26 Å². The van der Waals surface area contributed by atoms with E-state index in [0.29, 0.717) is 18.7 Å². The summed E-state index contributed by atoms with van der Waals surface area (Å²) in [6.45, 7) is 3.18. The minimum absolute atomic E-state index is 0.503. The summed E-state index contributed by atoms with van der Waals surface area (Å²) < 4.78 is 0. The maximum absolute atomic E-state index is 10.0. The third kappa shape index (κ3) is 3.67. The van der Waals surface area contributed by atoms with Gasteiger partial charge in [0, 0.05) is 13.1 Å². The lowest BCUT2D eigenvalue weighted by Gasteiger charge is -2.13. The van der Waals surface area contributed by atoms with Crippen LogP contribution in [0.1, 0.15) is 28.4 Å². The molecule has 0 amide bonds. The number of rotatable bonds is 5. The van der Waals surface area contributed by atoms with Crippen LogP contribution in [0, 0.1) is 18.3 Å². The first kappa shape index (κ1) is 14.3. The van der Waals surface area contributed by atoms with Crippen molar-refractivity contribution in [3.05, 3.63) is 70.8 Å². The maximum Gasteiger partial charge on any atom is 0.0991 e. The van der Waals surface area contributed by atoms with Gasteiger partial charge in [0.15, 0.2) is 0 Å². The van der Waals surface area contributed by atoms with Crippen LogP contribution in [0.5, 0.6) is 0 Å². The van der Waals surface area contributed by atoms with Crippen molar-refractivity contribution >= 4 is 0 Å². The van der Waals surface area contributed by atoms with Crippen molar-refractivity contribution in [3.63, 3.8) is 0 Å². The molecule has 0 heterocycles. The molecule has 2 aromatic rings. The van der Waals surface area contributed by atoms with E-state index in [1.54, 1.807) is 0 Å². The van der Waals surface area contributed by atoms with Crippen molar-refractivity contribution in [2.45, 2.75) is 19.6 Å². The van der Waals surface area contributed by atoms with Crippen LogP contribution in [-0.4, -0.2) is 11.7 Å². The van der Waals surface area contributed by atoms with Gasteiger partial charge in [-0.1, -0.05) is 36.4 Å². The Balaban J connectivity index is 1.89. The highest BCUT2D eigenvalue weighted by Crippen LogP contribution is 2.13. The van der Waals surface area contributed by atoms with Gasteiger partial charge in [-0.15, -0.1) is 0 Å². The predicted octanol–water partition coefficient (Wildman–Crippen LogP) is 2.69. The highest BCUT2D eigenvalue weighted by Gasteiger charge is 2.06. The minimum Gasteiger partial charge on any atom is -0.387 e. The topological polar surface area (TPSA) is 56.0 Å². The van der Waals surface area contributed by atoms with Gasteiger partial charge in [0.1, 0.15) is 0 Å². The number of hydrogen-bond acceptors (Lipinski definition) is 3. The fourth-order valence-electron chi connectivity index (χ4n) is 2.10. The quantitative estimate of drug-likeness (QED) is 0.874. The summed E-state index contributed by atoms with van der Waals surface area (Å²) in [5.74, 6) is 0. The lowest BCUT2D eigenvalue weighted by molar-refractivity contribution is 0.174. The fourth-order valence-corrected chi connectivity index (χ4v) is 2.10. The molecule has 1 atom stereocenters. The van der Waals surface area contributed by atoms with Crippen LogP contribution in [0.4, 0.5) is 0 Å². The minimum atomic E-state index is -0.505. The highest BCUT2D eigenvalue weighted by molar-refractivity contribution is 5.37. The molecule has 2 rings (SSSR count). The molecular weight excluding hydrogens is 248 g/mol. The Hall–Kier alpha value is -2.15. The molecule has 2 aromatic carbocycles. The summed E-state index contributed by atoms with van der Waals surface area (Å²) in [5.41, 5.74) is 3.82. The van der Waals surface area contributed by atoms with Crippen molar-refractivity contribution in [3.8, 4) is 6.07 Å². The summed E-state index contributed by atoms with van der Waals surface area (Å²) in [4.78, 5) is 0. The molecule has 0 saturated carbocycles. The van der Waals surface area contributed by atoms with Crippen molar-refractivity contribution in [1.29, 1.82) is 5.26 Å². The summed E-state index contributed by atoms with van der Waals surface area (Å²) in [6.07, 6.45) is -0.505. The van der Waals surface area contributed by atoms with E-state index in [1.807, 2.05) is 55.5 Å². The van der Waals surface area contributed by atoms with Crippen LogP contribution in [-0.2, 0) is 6.54 Å². The molecule has 0 aromatic heterocycles. The van der Waals surface area contributed by atoms with Gasteiger partial charge in [-0.2, -0.15) is 5.26 Å². The molecule has 0 spiro atoms. The Bertz CT molecular complexity index is 602. The number of hydrogen-bond donors (Lipinski definition) is 2. The van der Waals surface area contributed by atoms with E-state index in [1.165, 1.54) is 0 Å². The molecule has 0 aliphatic heterocycles. The first-order chi connectivity index (χ1) is 9.70. The van der Waals surface area contributed by atoms with E-state index < -0.39 is 6.10 Å². The van der Waals surface area contributed by atoms with Gasteiger partial charge in [0.2, 0.25) is 0 Å². The summed E-state index contributed by atoms with van der Waals surface area (Å²) in [5, 5.41) is 22.1. The van der Waals surface area contributed by atoms with Gasteiger partial charge in [0.25, 0.3) is 0 Å². The average molecular weight is 266 g/mol. The molecule has 102 valence electrons. The third-order valence-electron chi connectivity index (χ3n) is 3.31. The van der Waals surface area contributed by atoms with Crippen molar-refractivity contribution in [2.24, 2.45) is 0 Å². The number of aliphatic hydroxyl groups excluding tert-OH is 1. The molecule has 1 unspecified atom stereocenters. The molecule has 2 N–H and O–H groups in total. The van der Waals surface area contributed by atoms with E-state index in [9.17, 15) is 5.11 Å². The lowest BCUT2D eigenvalue weighted by atomic mass is 10.1. The van der Waals surface area contributed by atoms with Crippen molar-refractivity contribution < 1.29 is 5.11 Å². The number of aliphatic hydroxyl groups is 1. The van der Waals surface area contributed by atoms with Crippen LogP contribution in [0.25, 0.3) is 0 Å². The Morgan fingerprint density at radius 3 is 2.60 bits per heavy atom. The van der Waals surface area contributed by atoms with Gasteiger partial charge >= 0.3 is 0 Å². The molecule has 0 aliphatic carbocycles. The summed E-state index contributed by atoms with van der Waals surface area (Å²) in [7, 11) is 0. The predicted molar refractivity (Wildman–Crippen MR) is 79.0 cm³/mol. The van der Waals surface area contributed by atoms with Gasteiger partial charge in [-0.25, -0.2) is 0 Å². The monoisotopic (exact) mass is 266 g/mol. The van der Waals surface area contributed by atoms with Crippen LogP contribution in [0.3, 0.4) is 0 Å². The smallest absolute Gasteiger partial charge is 0.0991 e. The first-order valence-corrected chi connectivity index (χ1v) is 6.64. The highest BCUT2D eigenvalue weighted by atomic mass is 16.3. The number of nitrogens with one attached hydrogen (secondary N) is 1. The Labute approximate surface area is 119 Å². The standard InChI is InChI=1S/C17H18N2O/c1-13-9-14(10-18)7-8-16(13)11-19-12-17(20)15-5-3-2-4-6-15/h2-9,17,19-20H,11-12H2,1H3. The second-order valence-corrected chi connectivity index (χ2v) is 4.81. The number of benzene rings is 2. The zero-order valence-electron chi connectivity index (χ0n) is 11.5. The Morgan fingerprint density at radius 2 is 1.95 bits per heavy atom. The van der Waals surface area contributed by atoms with Crippen molar-refractivity contribution in [1.82, 2.24) is 5.32 Å². The van der Waals surface area contributed by atoms with Crippen LogP contribution in [0.2, 0.25) is 0 Å². The molecule has 3 nitrogen and oxygen atoms in total. The second-order valence-electron chi connectivity index (χ2n) is 4.81. The third-order valence-corrected chi connectivity index (χ3v) is 3.31. The van der Waals surface area contributed by atoms with E-state index >= 15 is 0 Å². The van der Waals surface area contributed by atoms with Crippen LogP contribution >= 0.6 is 0 Å². The number of nitrogens with zero attached hydrogens (tertiary/aromatic N) is 1. The maximum atomic E-state index is 10.0. The van der Waals surface area contributed by atoms with Crippen LogP contribution in [0.15, 0.2) is 48.5 Å². The molecule has 0 saturated heterocycles. The van der Waals surface area contributed by atoms with Crippen LogP contribution < -0.4 is 5.32 Å². The average Bonchev–Trinajstić information content (AvgIpc) is 2.49. The van der Waals surface area contributed by atoms with Gasteiger partial charge in [-0.05, 0) is 35.7 Å². The summed E-state index contributed by atoms with van der Waals surface area (Å²) in [6, 6.07) is 17.4. The van der Waals surface area contributed by atoms with E-state index in [0.717, 1.165) is 16.7 Å². The lowest BCUT2D eigenvalue weighted by Crippen LogP contribution is -2.21. The first-order valence-electron chi connectivity index (χ1n) is 6.64. The van der Waals surface area contributed by atoms with Gasteiger partial charge in [-0.3, -0.25) is 0 Å². The normalized spacial score (nSPS) is 11.8. The molecular formula is C17H18N2O. The number of nitriles is 1. The second kappa shape index (κ2) is 6.85. The van der Waals surface area contributed by atoms with E-state index in [2.05, 4.69) is 11.4 Å². The van der Waals surface area contributed by atoms with Gasteiger partial charge in [0.05, 0.1) is 17.7 Å². The molecule has 0 aliphatic rings. The van der Waals surface area contributed by atoms with E-state index in [-0.39, 0.29) is 0 Å². The molecule has 0 fully saturated rings. The molecule has 20 heavy (non-hydrogen) atoms. The zero-order valence-corrected chi connectivity index (χ0v) is 11.5. The Kier molecular flexibility index (Phi) is 4.89. The Morgan fingerprint density at radius 1 is 1.20 bits per heavy atom. The summed E-state index contributed by atoms with van der Waals surface area (Å²) >= 11 is 0. The molecule has 0 bridgehead atoms. The molecule has 3 heteroatoms. The number of aryl methyl sites for hydroxylation is 1. The SMILES string of the molecule is Cc1cc(C#N)ccc1CNCC(O)c1ccccc1.